The number of carbonyl (C=O) groups excluding carboxylic acids is 1. The van der Waals surface area contributed by atoms with E-state index in [2.05, 4.69) is 22.9 Å². The average molecular weight is 492 g/mol. The van der Waals surface area contributed by atoms with E-state index in [0.717, 1.165) is 42.8 Å². The van der Waals surface area contributed by atoms with Crippen LogP contribution < -0.4 is 4.74 Å². The number of aromatic nitrogens is 1. The molecule has 2 aliphatic rings. The number of hydrogen-bond acceptors (Lipinski definition) is 5. The molecule has 0 aliphatic carbocycles. The first-order chi connectivity index (χ1) is 16.6. The number of hydrogen-bond donors (Lipinski definition) is 1. The predicted molar refractivity (Wildman–Crippen MR) is 125 cm³/mol. The molecule has 1 amide bonds. The number of benzene rings is 1. The maximum Gasteiger partial charge on any atom is 0.433 e. The van der Waals surface area contributed by atoms with Gasteiger partial charge in [0.25, 0.3) is 5.91 Å². The van der Waals surface area contributed by atoms with Gasteiger partial charge in [-0.3, -0.25) is 14.7 Å². The van der Waals surface area contributed by atoms with Gasteiger partial charge in [-0.25, -0.2) is 0 Å². The van der Waals surface area contributed by atoms with Gasteiger partial charge in [0, 0.05) is 37.9 Å². The van der Waals surface area contributed by atoms with Crippen molar-refractivity contribution in [1.29, 1.82) is 0 Å². The minimum Gasteiger partial charge on any atom is -0.491 e. The number of alkyl halides is 3. The van der Waals surface area contributed by atoms with Gasteiger partial charge in [0.1, 0.15) is 18.1 Å². The molecule has 2 aromatic rings. The number of aliphatic hydroxyl groups is 1. The highest BCUT2D eigenvalue weighted by molar-refractivity contribution is 5.94. The van der Waals surface area contributed by atoms with E-state index in [-0.39, 0.29) is 30.2 Å². The van der Waals surface area contributed by atoms with Crippen molar-refractivity contribution < 1.29 is 27.8 Å². The molecule has 0 saturated carbocycles. The Bertz CT molecular complexity index is 1060. The zero-order valence-electron chi connectivity index (χ0n) is 20.3. The molecule has 190 valence electrons. The Morgan fingerprint density at radius 1 is 1.17 bits per heavy atom. The molecule has 35 heavy (non-hydrogen) atoms. The second kappa shape index (κ2) is 10.1. The summed E-state index contributed by atoms with van der Waals surface area (Å²) in [6.45, 7) is 7.83. The van der Waals surface area contributed by atoms with E-state index in [9.17, 15) is 23.1 Å². The molecule has 1 unspecified atom stereocenters. The fourth-order valence-electron chi connectivity index (χ4n) is 5.18. The number of fused-ring (bicyclic) bond motifs is 1. The molecule has 6 nitrogen and oxygen atoms in total. The average Bonchev–Trinajstić information content (AvgIpc) is 2.83. The Morgan fingerprint density at radius 3 is 2.60 bits per heavy atom. The minimum absolute atomic E-state index is 0.179. The summed E-state index contributed by atoms with van der Waals surface area (Å²) < 4.78 is 44.2. The Labute approximate surface area is 203 Å². The first kappa shape index (κ1) is 25.4. The van der Waals surface area contributed by atoms with Crippen LogP contribution in [0.15, 0.2) is 30.5 Å². The number of rotatable bonds is 5. The zero-order chi connectivity index (χ0) is 25.3. The lowest BCUT2D eigenvalue weighted by Gasteiger charge is -2.48. The van der Waals surface area contributed by atoms with E-state index < -0.39 is 18.0 Å². The number of amides is 1. The van der Waals surface area contributed by atoms with Crippen LogP contribution in [0.2, 0.25) is 0 Å². The van der Waals surface area contributed by atoms with Crippen LogP contribution in [-0.4, -0.2) is 64.2 Å². The molecule has 9 heteroatoms. The molecule has 1 N–H and O–H groups in total. The number of carbonyl (C=O) groups is 1. The molecule has 3 atom stereocenters. The number of pyridine rings is 1. The van der Waals surface area contributed by atoms with Crippen molar-refractivity contribution in [3.05, 3.63) is 58.4 Å². The number of nitrogens with zero attached hydrogens (tertiary/aromatic N) is 3. The molecule has 2 saturated heterocycles. The van der Waals surface area contributed by atoms with Gasteiger partial charge in [-0.1, -0.05) is 6.07 Å². The van der Waals surface area contributed by atoms with Crippen LogP contribution in [0.1, 0.15) is 65.0 Å². The van der Waals surface area contributed by atoms with Crippen LogP contribution >= 0.6 is 0 Å². The van der Waals surface area contributed by atoms with E-state index in [4.69, 9.17) is 4.74 Å². The van der Waals surface area contributed by atoms with Crippen molar-refractivity contribution in [1.82, 2.24) is 14.8 Å². The summed E-state index contributed by atoms with van der Waals surface area (Å²) in [5, 5.41) is 9.53. The van der Waals surface area contributed by atoms with Crippen LogP contribution in [-0.2, 0) is 6.18 Å². The summed E-state index contributed by atoms with van der Waals surface area (Å²) >= 11 is 0. The zero-order valence-corrected chi connectivity index (χ0v) is 20.3. The Morgan fingerprint density at radius 2 is 1.94 bits per heavy atom. The van der Waals surface area contributed by atoms with E-state index in [1.807, 2.05) is 13.0 Å². The van der Waals surface area contributed by atoms with Crippen molar-refractivity contribution in [2.45, 2.75) is 64.4 Å². The Balaban J connectivity index is 1.46. The second-order valence-electron chi connectivity index (χ2n) is 9.58. The molecule has 4 rings (SSSR count). The van der Waals surface area contributed by atoms with Gasteiger partial charge in [-0.05, 0) is 74.9 Å². The van der Waals surface area contributed by atoms with Crippen molar-refractivity contribution in [3.63, 3.8) is 0 Å². The lowest BCUT2D eigenvalue weighted by atomic mass is 9.86. The standard InChI is InChI=1S/C26H32F3N3O3/c1-16(33)15-35-23-9-8-21(17(2)18(23)3)22-6-4-5-20-14-31(11-12-32(20)22)25(34)19-7-10-24(30-13-19)26(27,28)29/h7-10,13,16,20,22,33H,4-6,11-12,14-15H2,1-3H3/t16-,20-,22?/m0/s1. The largest absolute Gasteiger partial charge is 0.491 e. The summed E-state index contributed by atoms with van der Waals surface area (Å²) in [6.07, 6.45) is -1.00. The van der Waals surface area contributed by atoms with Gasteiger partial charge in [-0.2, -0.15) is 13.2 Å². The summed E-state index contributed by atoms with van der Waals surface area (Å²) in [5.74, 6) is 0.500. The quantitative estimate of drug-likeness (QED) is 0.666. The molecule has 1 aromatic heterocycles. The molecule has 0 bridgehead atoms. The maximum absolute atomic E-state index is 13.0. The fraction of sp³-hybridized carbons (Fsp3) is 0.538. The summed E-state index contributed by atoms with van der Waals surface area (Å²) in [5.41, 5.74) is 2.67. The highest BCUT2D eigenvalue weighted by atomic mass is 19.4. The van der Waals surface area contributed by atoms with Crippen LogP contribution in [0.5, 0.6) is 5.75 Å². The van der Waals surface area contributed by atoms with E-state index >= 15 is 0 Å². The fourth-order valence-corrected chi connectivity index (χ4v) is 5.18. The van der Waals surface area contributed by atoms with Gasteiger partial charge in [0.15, 0.2) is 0 Å². The Kier molecular flexibility index (Phi) is 7.38. The van der Waals surface area contributed by atoms with Crippen molar-refractivity contribution >= 4 is 5.91 Å². The lowest BCUT2D eigenvalue weighted by Crippen LogP contribution is -2.57. The maximum atomic E-state index is 13.0. The van der Waals surface area contributed by atoms with E-state index in [1.54, 1.807) is 11.8 Å². The number of ether oxygens (including phenoxy) is 1. The predicted octanol–water partition coefficient (Wildman–Crippen LogP) is 4.53. The number of piperidine rings is 1. The number of piperazine rings is 1. The minimum atomic E-state index is -4.53. The normalized spacial score (nSPS) is 22.0. The SMILES string of the molecule is Cc1c(OC[C@H](C)O)ccc(C2CCC[C@H]3CN(C(=O)c4ccc(C(F)(F)F)nc4)CCN23)c1C. The molecule has 0 radical (unpaired) electrons. The van der Waals surface area contributed by atoms with Crippen molar-refractivity contribution in [2.75, 3.05) is 26.2 Å². The first-order valence-electron chi connectivity index (χ1n) is 12.1. The summed E-state index contributed by atoms with van der Waals surface area (Å²) in [7, 11) is 0. The van der Waals surface area contributed by atoms with E-state index in [1.165, 1.54) is 17.2 Å². The monoisotopic (exact) mass is 491 g/mol. The van der Waals surface area contributed by atoms with Gasteiger partial charge >= 0.3 is 6.18 Å². The van der Waals surface area contributed by atoms with Gasteiger partial charge in [-0.15, -0.1) is 0 Å². The highest BCUT2D eigenvalue weighted by Gasteiger charge is 2.38. The second-order valence-corrected chi connectivity index (χ2v) is 9.58. The van der Waals surface area contributed by atoms with Gasteiger partial charge < -0.3 is 14.7 Å². The molecule has 3 heterocycles. The number of aliphatic hydroxyl groups excluding tert-OH is 1. The third-order valence-corrected chi connectivity index (χ3v) is 7.15. The number of halogens is 3. The molecule has 2 aliphatic heterocycles. The Hall–Kier alpha value is -2.65. The summed E-state index contributed by atoms with van der Waals surface area (Å²) in [6, 6.07) is 6.59. The van der Waals surface area contributed by atoms with Gasteiger partial charge in [0.2, 0.25) is 0 Å². The van der Waals surface area contributed by atoms with Crippen molar-refractivity contribution in [3.8, 4) is 5.75 Å². The third-order valence-electron chi connectivity index (χ3n) is 7.15. The van der Waals surface area contributed by atoms with Crippen LogP contribution in [0.3, 0.4) is 0 Å². The molecular formula is C26H32F3N3O3. The third kappa shape index (κ3) is 5.46. The van der Waals surface area contributed by atoms with Crippen LogP contribution in [0, 0.1) is 13.8 Å². The smallest absolute Gasteiger partial charge is 0.433 e. The van der Waals surface area contributed by atoms with Gasteiger partial charge in [0.05, 0.1) is 11.7 Å². The topological polar surface area (TPSA) is 65.9 Å². The molecule has 2 fully saturated rings. The lowest BCUT2D eigenvalue weighted by molar-refractivity contribution is -0.141. The summed E-state index contributed by atoms with van der Waals surface area (Å²) in [4.78, 5) is 20.6. The van der Waals surface area contributed by atoms with Crippen LogP contribution in [0.4, 0.5) is 13.2 Å². The molecule has 0 spiro atoms. The molecule has 1 aromatic carbocycles. The highest BCUT2D eigenvalue weighted by Crippen LogP contribution is 2.39. The van der Waals surface area contributed by atoms with Crippen LogP contribution in [0.25, 0.3) is 0 Å². The first-order valence-corrected chi connectivity index (χ1v) is 12.1. The van der Waals surface area contributed by atoms with E-state index in [0.29, 0.717) is 19.6 Å². The molecular weight excluding hydrogens is 459 g/mol. The van der Waals surface area contributed by atoms with Crippen molar-refractivity contribution in [2.24, 2.45) is 0 Å².